The maximum Gasteiger partial charge on any atom is 0.0675 e. The molecular weight excluding hydrogens is 176 g/mol. The number of carbonyl (C=O) groups is 1. The summed E-state index contributed by atoms with van der Waals surface area (Å²) in [5.41, 5.74) is 4.88. The van der Waals surface area contributed by atoms with E-state index < -0.39 is 12.0 Å². The van der Waals surface area contributed by atoms with E-state index in [2.05, 4.69) is 40.8 Å². The Morgan fingerprint density at radius 2 is 1.75 bits per heavy atom. The van der Waals surface area contributed by atoms with Crippen molar-refractivity contribution in [3.63, 3.8) is 0 Å². The van der Waals surface area contributed by atoms with Crippen LogP contribution in [0.1, 0.15) is 0 Å². The van der Waals surface area contributed by atoms with E-state index in [4.69, 9.17) is 5.73 Å². The molecule has 0 aliphatic rings. The van der Waals surface area contributed by atoms with Crippen LogP contribution in [0, 0.1) is 0 Å². The summed E-state index contributed by atoms with van der Waals surface area (Å²) in [6.45, 7) is 0. The van der Waals surface area contributed by atoms with E-state index in [9.17, 15) is 9.90 Å². The van der Waals surface area contributed by atoms with Gasteiger partial charge in [0.25, 0.3) is 0 Å². The Balaban J connectivity index is 0. The van der Waals surface area contributed by atoms with Gasteiger partial charge < -0.3 is 20.1 Å². The molecule has 4 nitrogen and oxygen atoms in total. The molecule has 0 aliphatic heterocycles. The van der Waals surface area contributed by atoms with Gasteiger partial charge in [-0.25, -0.2) is 0 Å². The molecule has 0 unspecified atom stereocenters. The zero-order valence-corrected chi connectivity index (χ0v) is 8.97. The zero-order chi connectivity index (χ0) is 10.4. The fourth-order valence-electron chi connectivity index (χ4n) is 0.0745. The van der Waals surface area contributed by atoms with Crippen LogP contribution < -0.4 is 10.8 Å². The van der Waals surface area contributed by atoms with E-state index in [1.165, 1.54) is 0 Å². The maximum atomic E-state index is 9.65. The van der Waals surface area contributed by atoms with Crippen LogP contribution in [0.25, 0.3) is 0 Å². The van der Waals surface area contributed by atoms with Gasteiger partial charge in [0.1, 0.15) is 0 Å². The predicted octanol–water partition coefficient (Wildman–Crippen LogP) is -1.68. The lowest BCUT2D eigenvalue weighted by atomic mass is 10.4. The first-order chi connectivity index (χ1) is 5.18. The number of rotatable bonds is 2. The summed E-state index contributed by atoms with van der Waals surface area (Å²) in [5, 5.41) is 9.65. The van der Waals surface area contributed by atoms with Crippen LogP contribution in [0.2, 0.25) is 0 Å². The number of thiol groups is 1. The zero-order valence-electron chi connectivity index (χ0n) is 8.07. The average molecular weight is 194 g/mol. The highest BCUT2D eigenvalue weighted by Gasteiger charge is 1.95. The number of hydrogen-bond acceptors (Lipinski definition) is 4. The fourth-order valence-corrected chi connectivity index (χ4v) is 0.224. The molecule has 0 aromatic carbocycles. The molecule has 0 saturated heterocycles. The van der Waals surface area contributed by atoms with Gasteiger partial charge in [-0.3, -0.25) is 0 Å². The smallest absolute Gasteiger partial charge is 0.0675 e. The van der Waals surface area contributed by atoms with Crippen LogP contribution in [-0.4, -0.2) is 50.4 Å². The van der Waals surface area contributed by atoms with Crippen LogP contribution in [0.5, 0.6) is 0 Å². The second-order valence-corrected chi connectivity index (χ2v) is 4.16. The van der Waals surface area contributed by atoms with E-state index in [1.807, 2.05) is 0 Å². The van der Waals surface area contributed by atoms with Crippen LogP contribution in [0.3, 0.4) is 0 Å². The molecular formula is C7H18N2O2S. The highest BCUT2D eigenvalue weighted by atomic mass is 32.1. The summed E-state index contributed by atoms with van der Waals surface area (Å²) in [5.74, 6) is -1.13. The second kappa shape index (κ2) is 6.28. The van der Waals surface area contributed by atoms with Crippen molar-refractivity contribution in [1.82, 2.24) is 0 Å². The molecule has 2 N–H and O–H groups in total. The number of hydrogen-bond donors (Lipinski definition) is 2. The van der Waals surface area contributed by atoms with E-state index in [0.29, 0.717) is 0 Å². The number of aliphatic carboxylic acids is 1. The first-order valence-electron chi connectivity index (χ1n) is 3.54. The molecule has 0 bridgehead atoms. The number of quaternary nitrogens is 1. The molecule has 5 heteroatoms. The third kappa shape index (κ3) is 22.6. The summed E-state index contributed by atoms with van der Waals surface area (Å²) < 4.78 is 1.00. The first kappa shape index (κ1) is 14.3. The van der Waals surface area contributed by atoms with Gasteiger partial charge >= 0.3 is 0 Å². The Kier molecular flexibility index (Phi) is 7.47. The highest BCUT2D eigenvalue weighted by molar-refractivity contribution is 7.80. The number of carboxylic acid groups (broad SMARTS) is 1. The third-order valence-electron chi connectivity index (χ3n) is 0.499. The Bertz CT molecular complexity index is 128. The molecule has 12 heavy (non-hydrogen) atoms. The van der Waals surface area contributed by atoms with Crippen molar-refractivity contribution in [2.45, 2.75) is 6.04 Å². The molecule has 0 aromatic rings. The maximum absolute atomic E-state index is 9.65. The molecule has 0 heterocycles. The number of carbonyl (C=O) groups excluding carboxylic acids is 1. The van der Waals surface area contributed by atoms with Crippen molar-refractivity contribution in [2.75, 3.05) is 33.9 Å². The van der Waals surface area contributed by atoms with E-state index in [-0.39, 0.29) is 5.75 Å². The monoisotopic (exact) mass is 194 g/mol. The predicted molar refractivity (Wildman–Crippen MR) is 50.8 cm³/mol. The van der Waals surface area contributed by atoms with Crippen LogP contribution in [0.4, 0.5) is 0 Å². The average Bonchev–Trinajstić information content (AvgIpc) is 1.82. The molecule has 0 saturated carbocycles. The minimum Gasteiger partial charge on any atom is -0.548 e. The topological polar surface area (TPSA) is 66.2 Å². The van der Waals surface area contributed by atoms with Crippen molar-refractivity contribution >= 4 is 18.6 Å². The molecule has 0 fully saturated rings. The van der Waals surface area contributed by atoms with Gasteiger partial charge in [0.2, 0.25) is 0 Å². The Morgan fingerprint density at radius 1 is 1.50 bits per heavy atom. The summed E-state index contributed by atoms with van der Waals surface area (Å²) in [7, 11) is 8.50. The molecule has 0 spiro atoms. The number of nitrogens with two attached hydrogens (primary N) is 1. The number of carboxylic acids is 1. The van der Waals surface area contributed by atoms with Gasteiger partial charge in [-0.1, -0.05) is 0 Å². The second-order valence-electron chi connectivity index (χ2n) is 3.79. The molecule has 0 aliphatic carbocycles. The molecule has 1 atom stereocenters. The molecule has 0 aromatic heterocycles. The van der Waals surface area contributed by atoms with Crippen molar-refractivity contribution in [3.05, 3.63) is 0 Å². The summed E-state index contributed by atoms with van der Waals surface area (Å²) >= 11 is 3.61. The standard InChI is InChI=1S/C4H12N.C3H7NO2S/c1-5(2,3)4;4-2(1-7)3(5)6/h1-4H3;2,7H,1,4H2,(H,5,6)/q+1;/p-1/t;2-/m.0/s1. The minimum absolute atomic E-state index is 0.127. The first-order valence-corrected chi connectivity index (χ1v) is 4.18. The van der Waals surface area contributed by atoms with E-state index in [0.717, 1.165) is 4.48 Å². The third-order valence-corrected chi connectivity index (χ3v) is 0.893. The molecule has 0 radical (unpaired) electrons. The normalized spacial score (nSPS) is 12.8. The minimum atomic E-state index is -1.25. The SMILES string of the molecule is C[N+](C)(C)C.N[C@@H](CS)C(=O)[O-]. The summed E-state index contributed by atoms with van der Waals surface area (Å²) in [6.07, 6.45) is 0. The Labute approximate surface area is 79.4 Å². The summed E-state index contributed by atoms with van der Waals surface area (Å²) in [4.78, 5) is 9.65. The molecule has 0 amide bonds. The molecule has 74 valence electrons. The van der Waals surface area contributed by atoms with Gasteiger partial charge in [-0.2, -0.15) is 12.6 Å². The fraction of sp³-hybridized carbons (Fsp3) is 0.857. The summed E-state index contributed by atoms with van der Waals surface area (Å²) in [6, 6.07) is -0.927. The molecule has 0 rings (SSSR count). The van der Waals surface area contributed by atoms with E-state index >= 15 is 0 Å². The van der Waals surface area contributed by atoms with Crippen LogP contribution in [-0.2, 0) is 4.79 Å². The van der Waals surface area contributed by atoms with Crippen LogP contribution >= 0.6 is 12.6 Å². The van der Waals surface area contributed by atoms with Gasteiger partial charge in [0.05, 0.1) is 40.2 Å². The van der Waals surface area contributed by atoms with E-state index in [1.54, 1.807) is 0 Å². The lowest BCUT2D eigenvalue weighted by Gasteiger charge is -2.14. The van der Waals surface area contributed by atoms with Crippen molar-refractivity contribution in [1.29, 1.82) is 0 Å². The van der Waals surface area contributed by atoms with Gasteiger partial charge in [-0.05, 0) is 0 Å². The van der Waals surface area contributed by atoms with Crippen LogP contribution in [0.15, 0.2) is 0 Å². The highest BCUT2D eigenvalue weighted by Crippen LogP contribution is 1.77. The Morgan fingerprint density at radius 3 is 1.75 bits per heavy atom. The van der Waals surface area contributed by atoms with Crippen molar-refractivity contribution in [3.8, 4) is 0 Å². The quantitative estimate of drug-likeness (QED) is 0.407. The van der Waals surface area contributed by atoms with Crippen molar-refractivity contribution < 1.29 is 14.4 Å². The lowest BCUT2D eigenvalue weighted by Crippen LogP contribution is -2.42. The lowest BCUT2D eigenvalue weighted by molar-refractivity contribution is -0.849. The van der Waals surface area contributed by atoms with Gasteiger partial charge in [-0.15, -0.1) is 0 Å². The van der Waals surface area contributed by atoms with Gasteiger partial charge in [0.15, 0.2) is 0 Å². The number of nitrogens with zero attached hydrogens (tertiary/aromatic N) is 1. The Hall–Kier alpha value is -0.260. The van der Waals surface area contributed by atoms with Crippen molar-refractivity contribution in [2.24, 2.45) is 5.73 Å². The largest absolute Gasteiger partial charge is 0.548 e. The van der Waals surface area contributed by atoms with Gasteiger partial charge in [0, 0.05) is 5.75 Å².